The maximum absolute atomic E-state index is 11.7. The van der Waals surface area contributed by atoms with E-state index in [1.54, 1.807) is 6.20 Å². The first kappa shape index (κ1) is 20.6. The van der Waals surface area contributed by atoms with E-state index in [1.165, 1.54) is 0 Å². The van der Waals surface area contributed by atoms with Crippen LogP contribution in [0, 0.1) is 0 Å². The van der Waals surface area contributed by atoms with Crippen molar-refractivity contribution < 1.29 is 4.79 Å². The van der Waals surface area contributed by atoms with Crippen LogP contribution in [0.2, 0.25) is 0 Å². The molecule has 0 aliphatic heterocycles. The van der Waals surface area contributed by atoms with Gasteiger partial charge in [0.15, 0.2) is 5.65 Å². The molecule has 0 fully saturated rings. The van der Waals surface area contributed by atoms with E-state index in [-0.39, 0.29) is 11.9 Å². The average Bonchev–Trinajstić information content (AvgIpc) is 3.19. The summed E-state index contributed by atoms with van der Waals surface area (Å²) in [7, 11) is 0. The molecule has 2 amide bonds. The lowest BCUT2D eigenvalue weighted by molar-refractivity contribution is 0.241. The number of rotatable bonds is 9. The Morgan fingerprint density at radius 2 is 1.83 bits per heavy atom. The molecule has 29 heavy (non-hydrogen) atoms. The fourth-order valence-electron chi connectivity index (χ4n) is 2.88. The number of anilines is 1. The first-order valence-corrected chi connectivity index (χ1v) is 10.2. The molecule has 0 spiro atoms. The van der Waals surface area contributed by atoms with Crippen molar-refractivity contribution >= 4 is 22.9 Å². The molecular weight excluding hydrogens is 366 g/mol. The number of para-hydroxylation sites is 1. The largest absolute Gasteiger partial charge is 0.368 e. The molecular formula is C21H29N7O. The zero-order valence-electron chi connectivity index (χ0n) is 17.3. The van der Waals surface area contributed by atoms with E-state index in [1.807, 2.05) is 41.9 Å². The van der Waals surface area contributed by atoms with Crippen molar-refractivity contribution in [3.63, 3.8) is 0 Å². The Balaban J connectivity index is 1.82. The Morgan fingerprint density at radius 3 is 2.55 bits per heavy atom. The van der Waals surface area contributed by atoms with E-state index in [2.05, 4.69) is 34.9 Å². The highest BCUT2D eigenvalue weighted by Gasteiger charge is 2.16. The summed E-state index contributed by atoms with van der Waals surface area (Å²) in [5, 5.41) is 14.4. The van der Waals surface area contributed by atoms with E-state index in [0.717, 1.165) is 41.2 Å². The highest BCUT2D eigenvalue weighted by Crippen LogP contribution is 2.26. The molecule has 154 valence electrons. The number of hydrogen-bond acceptors (Lipinski definition) is 5. The van der Waals surface area contributed by atoms with Crippen molar-refractivity contribution in [1.29, 1.82) is 0 Å². The molecule has 8 nitrogen and oxygen atoms in total. The standard InChI is InChI=1S/C21H29N7O/c1-4-11-23-21(29)24-13-12-22-19-17-14-25-28(16-9-7-6-8-10-16)20(17)27-18(26-19)15(3)5-2/h6-10,14-15H,4-5,11-13H2,1-3H3,(H,22,26,27)(H2,23,24,29). The molecule has 2 heterocycles. The van der Waals surface area contributed by atoms with Crippen LogP contribution in [0.4, 0.5) is 10.6 Å². The van der Waals surface area contributed by atoms with Crippen molar-refractivity contribution in [2.45, 2.75) is 39.5 Å². The Hall–Kier alpha value is -3.16. The van der Waals surface area contributed by atoms with Crippen molar-refractivity contribution in [2.24, 2.45) is 0 Å². The quantitative estimate of drug-likeness (QED) is 0.482. The number of carbonyl (C=O) groups is 1. The highest BCUT2D eigenvalue weighted by atomic mass is 16.2. The van der Waals surface area contributed by atoms with Crippen LogP contribution in [-0.2, 0) is 0 Å². The third-order valence-electron chi connectivity index (χ3n) is 4.74. The van der Waals surface area contributed by atoms with Gasteiger partial charge in [-0.25, -0.2) is 19.4 Å². The Morgan fingerprint density at radius 1 is 1.07 bits per heavy atom. The van der Waals surface area contributed by atoms with E-state index in [0.29, 0.717) is 19.6 Å². The van der Waals surface area contributed by atoms with Gasteiger partial charge in [-0.2, -0.15) is 5.10 Å². The second-order valence-corrected chi connectivity index (χ2v) is 6.98. The first-order valence-electron chi connectivity index (χ1n) is 10.2. The van der Waals surface area contributed by atoms with Gasteiger partial charge >= 0.3 is 6.03 Å². The molecule has 0 bridgehead atoms. The predicted octanol–water partition coefficient (Wildman–Crippen LogP) is 3.45. The van der Waals surface area contributed by atoms with Gasteiger partial charge in [0.2, 0.25) is 0 Å². The third kappa shape index (κ3) is 5.01. The van der Waals surface area contributed by atoms with Crippen LogP contribution in [0.3, 0.4) is 0 Å². The van der Waals surface area contributed by atoms with Gasteiger partial charge < -0.3 is 16.0 Å². The van der Waals surface area contributed by atoms with Gasteiger partial charge in [-0.1, -0.05) is 39.0 Å². The van der Waals surface area contributed by atoms with Gasteiger partial charge in [0.1, 0.15) is 11.6 Å². The van der Waals surface area contributed by atoms with Crippen LogP contribution in [0.5, 0.6) is 0 Å². The fraction of sp³-hybridized carbons (Fsp3) is 0.429. The Labute approximate surface area is 171 Å². The molecule has 0 aliphatic rings. The molecule has 3 rings (SSSR count). The number of carbonyl (C=O) groups excluding carboxylic acids is 1. The zero-order valence-corrected chi connectivity index (χ0v) is 17.3. The molecule has 0 radical (unpaired) electrons. The minimum atomic E-state index is -0.154. The molecule has 3 N–H and O–H groups in total. The topological polar surface area (TPSA) is 96.8 Å². The van der Waals surface area contributed by atoms with E-state index >= 15 is 0 Å². The summed E-state index contributed by atoms with van der Waals surface area (Å²) in [5.74, 6) is 1.76. The van der Waals surface area contributed by atoms with Crippen molar-refractivity contribution in [3.8, 4) is 5.69 Å². The van der Waals surface area contributed by atoms with Crippen LogP contribution in [-0.4, -0.2) is 45.4 Å². The number of hydrogen-bond donors (Lipinski definition) is 3. The summed E-state index contributed by atoms with van der Waals surface area (Å²) in [6.45, 7) is 7.98. The first-order chi connectivity index (χ1) is 14.1. The van der Waals surface area contributed by atoms with E-state index in [4.69, 9.17) is 9.97 Å². The van der Waals surface area contributed by atoms with Crippen LogP contribution < -0.4 is 16.0 Å². The second kappa shape index (κ2) is 9.86. The molecule has 0 aliphatic carbocycles. The average molecular weight is 396 g/mol. The van der Waals surface area contributed by atoms with Gasteiger partial charge in [-0.05, 0) is 25.0 Å². The maximum Gasteiger partial charge on any atom is 0.314 e. The molecule has 8 heteroatoms. The van der Waals surface area contributed by atoms with Gasteiger partial charge in [0, 0.05) is 25.6 Å². The minimum absolute atomic E-state index is 0.154. The Kier molecular flexibility index (Phi) is 6.99. The summed E-state index contributed by atoms with van der Waals surface area (Å²) in [6, 6.07) is 9.79. The van der Waals surface area contributed by atoms with Gasteiger partial charge in [-0.3, -0.25) is 0 Å². The van der Waals surface area contributed by atoms with Crippen molar-refractivity contribution in [2.75, 3.05) is 25.0 Å². The normalized spacial score (nSPS) is 12.0. The number of aromatic nitrogens is 4. The van der Waals surface area contributed by atoms with Crippen LogP contribution in [0.15, 0.2) is 36.5 Å². The SMILES string of the molecule is CCCNC(=O)NCCNc1nc(C(C)CC)nc2c1cnn2-c1ccccc1. The lowest BCUT2D eigenvalue weighted by Gasteiger charge is -2.13. The summed E-state index contributed by atoms with van der Waals surface area (Å²) < 4.78 is 1.84. The van der Waals surface area contributed by atoms with Crippen LogP contribution in [0.1, 0.15) is 45.4 Å². The lowest BCUT2D eigenvalue weighted by Crippen LogP contribution is -2.38. The smallest absolute Gasteiger partial charge is 0.314 e. The maximum atomic E-state index is 11.7. The number of nitrogens with one attached hydrogen (secondary N) is 3. The molecule has 3 aromatic rings. The number of amides is 2. The summed E-state index contributed by atoms with van der Waals surface area (Å²) in [6.07, 6.45) is 3.64. The van der Waals surface area contributed by atoms with Crippen LogP contribution in [0.25, 0.3) is 16.7 Å². The minimum Gasteiger partial charge on any atom is -0.368 e. The second-order valence-electron chi connectivity index (χ2n) is 6.98. The molecule has 0 saturated carbocycles. The molecule has 1 aromatic carbocycles. The molecule has 1 atom stereocenters. The Bertz CT molecular complexity index is 939. The van der Waals surface area contributed by atoms with Gasteiger partial charge in [0.25, 0.3) is 0 Å². The van der Waals surface area contributed by atoms with Crippen molar-refractivity contribution in [1.82, 2.24) is 30.4 Å². The van der Waals surface area contributed by atoms with Gasteiger partial charge in [-0.15, -0.1) is 0 Å². The predicted molar refractivity (Wildman–Crippen MR) is 116 cm³/mol. The monoisotopic (exact) mass is 395 g/mol. The van der Waals surface area contributed by atoms with E-state index in [9.17, 15) is 4.79 Å². The number of urea groups is 1. The van der Waals surface area contributed by atoms with E-state index < -0.39 is 0 Å². The fourth-order valence-corrected chi connectivity index (χ4v) is 2.88. The summed E-state index contributed by atoms with van der Waals surface area (Å²) in [5.41, 5.74) is 1.73. The van der Waals surface area contributed by atoms with Crippen molar-refractivity contribution in [3.05, 3.63) is 42.4 Å². The third-order valence-corrected chi connectivity index (χ3v) is 4.74. The molecule has 2 aromatic heterocycles. The number of fused-ring (bicyclic) bond motifs is 1. The van der Waals surface area contributed by atoms with Crippen LogP contribution >= 0.6 is 0 Å². The number of benzene rings is 1. The summed E-state index contributed by atoms with van der Waals surface area (Å²) in [4.78, 5) is 21.2. The molecule has 1 unspecified atom stereocenters. The highest BCUT2D eigenvalue weighted by molar-refractivity contribution is 5.87. The van der Waals surface area contributed by atoms with Gasteiger partial charge in [0.05, 0.1) is 17.3 Å². The molecule has 0 saturated heterocycles. The number of nitrogens with zero attached hydrogens (tertiary/aromatic N) is 4. The summed E-state index contributed by atoms with van der Waals surface area (Å²) >= 11 is 0. The zero-order chi connectivity index (χ0) is 20.6. The lowest BCUT2D eigenvalue weighted by atomic mass is 10.1.